The van der Waals surface area contributed by atoms with E-state index in [0.717, 1.165) is 10.9 Å². The number of phenols is 1. The van der Waals surface area contributed by atoms with Gasteiger partial charge in [0.05, 0.1) is 12.7 Å². The number of ether oxygens (including phenoxy) is 1. The molecule has 0 aromatic heterocycles. The van der Waals surface area contributed by atoms with Crippen LogP contribution in [0.15, 0.2) is 24.3 Å². The molecule has 0 unspecified atom stereocenters. The number of ketones is 1. The lowest BCUT2D eigenvalue weighted by Crippen LogP contribution is -1.97. The molecule has 0 saturated heterocycles. The summed E-state index contributed by atoms with van der Waals surface area (Å²) in [4.78, 5) is 11.5. The molecule has 0 aliphatic carbocycles. The number of hydrogen-bond donors (Lipinski definition) is 1. The summed E-state index contributed by atoms with van der Waals surface area (Å²) in [7, 11) is 1.57. The quantitative estimate of drug-likeness (QED) is 0.806. The first-order valence-corrected chi connectivity index (χ1v) is 5.36. The summed E-state index contributed by atoms with van der Waals surface area (Å²) < 4.78 is 5.11. The molecule has 3 heteroatoms. The number of benzene rings is 2. The highest BCUT2D eigenvalue weighted by Crippen LogP contribution is 2.34. The Morgan fingerprint density at radius 2 is 2.00 bits per heavy atom. The fourth-order valence-corrected chi connectivity index (χ4v) is 2.06. The van der Waals surface area contributed by atoms with Crippen molar-refractivity contribution in [2.75, 3.05) is 7.11 Å². The van der Waals surface area contributed by atoms with Crippen molar-refractivity contribution in [3.05, 3.63) is 35.4 Å². The molecule has 0 spiro atoms. The van der Waals surface area contributed by atoms with Gasteiger partial charge in [-0.05, 0) is 36.9 Å². The Hall–Kier alpha value is -2.03. The van der Waals surface area contributed by atoms with Gasteiger partial charge in [0, 0.05) is 5.39 Å². The monoisotopic (exact) mass is 230 g/mol. The van der Waals surface area contributed by atoms with Crippen molar-refractivity contribution in [2.24, 2.45) is 0 Å². The fourth-order valence-electron chi connectivity index (χ4n) is 2.06. The molecule has 2 aromatic rings. The molecule has 0 aliphatic rings. The molecule has 0 radical (unpaired) electrons. The van der Waals surface area contributed by atoms with Gasteiger partial charge in [-0.1, -0.05) is 12.1 Å². The van der Waals surface area contributed by atoms with E-state index in [2.05, 4.69) is 0 Å². The third-order valence-electron chi connectivity index (χ3n) is 2.87. The van der Waals surface area contributed by atoms with Crippen LogP contribution >= 0.6 is 0 Å². The van der Waals surface area contributed by atoms with Crippen molar-refractivity contribution in [2.45, 2.75) is 13.8 Å². The first-order valence-electron chi connectivity index (χ1n) is 5.36. The molecule has 88 valence electrons. The number of rotatable bonds is 2. The zero-order chi connectivity index (χ0) is 12.6. The third kappa shape index (κ3) is 1.84. The van der Waals surface area contributed by atoms with E-state index in [1.807, 2.05) is 25.1 Å². The lowest BCUT2D eigenvalue weighted by molar-refractivity contribution is 0.101. The molecule has 0 bridgehead atoms. The maximum Gasteiger partial charge on any atom is 0.163 e. The summed E-state index contributed by atoms with van der Waals surface area (Å²) in [5.74, 6) is 0.558. The number of carbonyl (C=O) groups excluding carboxylic acids is 1. The SMILES string of the molecule is COc1ccc2cc(C)c(C(C)=O)c(O)c2c1. The van der Waals surface area contributed by atoms with Gasteiger partial charge in [0.2, 0.25) is 0 Å². The molecule has 0 fully saturated rings. The zero-order valence-corrected chi connectivity index (χ0v) is 10.1. The number of fused-ring (bicyclic) bond motifs is 1. The average molecular weight is 230 g/mol. The molecule has 0 heterocycles. The summed E-state index contributed by atoms with van der Waals surface area (Å²) in [5, 5.41) is 11.7. The van der Waals surface area contributed by atoms with Crippen LogP contribution in [0, 0.1) is 6.92 Å². The number of hydrogen-bond acceptors (Lipinski definition) is 3. The van der Waals surface area contributed by atoms with Gasteiger partial charge in [-0.3, -0.25) is 4.79 Å². The maximum absolute atomic E-state index is 11.5. The second kappa shape index (κ2) is 4.09. The van der Waals surface area contributed by atoms with Crippen LogP contribution in [0.3, 0.4) is 0 Å². The normalized spacial score (nSPS) is 10.5. The van der Waals surface area contributed by atoms with Crippen LogP contribution in [0.25, 0.3) is 10.8 Å². The van der Waals surface area contributed by atoms with Crippen LogP contribution in [-0.4, -0.2) is 18.0 Å². The Morgan fingerprint density at radius 3 is 2.59 bits per heavy atom. The van der Waals surface area contributed by atoms with Crippen molar-refractivity contribution in [1.82, 2.24) is 0 Å². The predicted octanol–water partition coefficient (Wildman–Crippen LogP) is 3.07. The van der Waals surface area contributed by atoms with Crippen LogP contribution in [0.2, 0.25) is 0 Å². The highest BCUT2D eigenvalue weighted by atomic mass is 16.5. The van der Waals surface area contributed by atoms with Crippen molar-refractivity contribution < 1.29 is 14.6 Å². The molecule has 2 rings (SSSR count). The Labute approximate surface area is 99.6 Å². The standard InChI is InChI=1S/C14H14O3/c1-8-6-10-4-5-11(17-3)7-12(10)14(16)13(8)9(2)15/h4-7,16H,1-3H3. The molecule has 17 heavy (non-hydrogen) atoms. The summed E-state index contributed by atoms with van der Waals surface area (Å²) >= 11 is 0. The van der Waals surface area contributed by atoms with Crippen LogP contribution in [0.5, 0.6) is 11.5 Å². The first kappa shape index (κ1) is 11.5. The topological polar surface area (TPSA) is 46.5 Å². The van der Waals surface area contributed by atoms with Crippen LogP contribution < -0.4 is 4.74 Å². The van der Waals surface area contributed by atoms with Crippen molar-refractivity contribution in [3.8, 4) is 11.5 Å². The molecular weight excluding hydrogens is 216 g/mol. The molecule has 0 amide bonds. The third-order valence-corrected chi connectivity index (χ3v) is 2.87. The van der Waals surface area contributed by atoms with E-state index in [0.29, 0.717) is 16.7 Å². The zero-order valence-electron chi connectivity index (χ0n) is 10.1. The van der Waals surface area contributed by atoms with Gasteiger partial charge < -0.3 is 9.84 Å². The van der Waals surface area contributed by atoms with E-state index in [1.54, 1.807) is 13.2 Å². The van der Waals surface area contributed by atoms with Gasteiger partial charge in [-0.25, -0.2) is 0 Å². The summed E-state index contributed by atoms with van der Waals surface area (Å²) in [6.45, 7) is 3.27. The van der Waals surface area contributed by atoms with Gasteiger partial charge in [0.25, 0.3) is 0 Å². The number of methoxy groups -OCH3 is 1. The summed E-state index contributed by atoms with van der Waals surface area (Å²) in [6.07, 6.45) is 0. The second-order valence-electron chi connectivity index (χ2n) is 4.06. The van der Waals surface area contributed by atoms with E-state index in [4.69, 9.17) is 4.74 Å². The van der Waals surface area contributed by atoms with Crippen molar-refractivity contribution in [3.63, 3.8) is 0 Å². The predicted molar refractivity (Wildman–Crippen MR) is 66.9 cm³/mol. The number of phenolic OH excluding ortho intramolecular Hbond substituents is 1. The minimum absolute atomic E-state index is 0.0337. The van der Waals surface area contributed by atoms with Crippen LogP contribution in [-0.2, 0) is 0 Å². The van der Waals surface area contributed by atoms with Gasteiger partial charge in [0.1, 0.15) is 11.5 Å². The van der Waals surface area contributed by atoms with Crippen molar-refractivity contribution >= 4 is 16.6 Å². The lowest BCUT2D eigenvalue weighted by Gasteiger charge is -2.10. The first-order chi connectivity index (χ1) is 8.04. The van der Waals surface area contributed by atoms with Crippen LogP contribution in [0.4, 0.5) is 0 Å². The Bertz CT molecular complexity index is 600. The maximum atomic E-state index is 11.5. The average Bonchev–Trinajstić information content (AvgIpc) is 2.28. The van der Waals surface area contributed by atoms with E-state index in [9.17, 15) is 9.90 Å². The fraction of sp³-hybridized carbons (Fsp3) is 0.214. The number of aryl methyl sites for hydroxylation is 1. The smallest absolute Gasteiger partial charge is 0.163 e. The molecular formula is C14H14O3. The molecule has 0 saturated carbocycles. The molecule has 0 atom stereocenters. The molecule has 1 N–H and O–H groups in total. The largest absolute Gasteiger partial charge is 0.507 e. The Morgan fingerprint density at radius 1 is 1.29 bits per heavy atom. The second-order valence-corrected chi connectivity index (χ2v) is 4.06. The van der Waals surface area contributed by atoms with E-state index < -0.39 is 0 Å². The van der Waals surface area contributed by atoms with Gasteiger partial charge >= 0.3 is 0 Å². The molecule has 0 aliphatic heterocycles. The Kier molecular flexibility index (Phi) is 2.76. The van der Waals surface area contributed by atoms with Crippen LogP contribution in [0.1, 0.15) is 22.8 Å². The van der Waals surface area contributed by atoms with E-state index >= 15 is 0 Å². The molecule has 2 aromatic carbocycles. The Balaban J connectivity index is 2.83. The number of Topliss-reactive ketones (excluding diaryl/α,β-unsaturated/α-hetero) is 1. The van der Waals surface area contributed by atoms with E-state index in [-0.39, 0.29) is 11.5 Å². The number of aromatic hydroxyl groups is 1. The highest BCUT2D eigenvalue weighted by molar-refractivity contribution is 6.05. The minimum atomic E-state index is -0.135. The van der Waals surface area contributed by atoms with Gasteiger partial charge in [-0.15, -0.1) is 0 Å². The van der Waals surface area contributed by atoms with E-state index in [1.165, 1.54) is 6.92 Å². The van der Waals surface area contributed by atoms with Gasteiger partial charge in [-0.2, -0.15) is 0 Å². The van der Waals surface area contributed by atoms with Gasteiger partial charge in [0.15, 0.2) is 5.78 Å². The van der Waals surface area contributed by atoms with Crippen molar-refractivity contribution in [1.29, 1.82) is 0 Å². The number of carbonyl (C=O) groups is 1. The summed E-state index contributed by atoms with van der Waals surface area (Å²) in [5.41, 5.74) is 1.17. The highest BCUT2D eigenvalue weighted by Gasteiger charge is 2.14. The molecule has 3 nitrogen and oxygen atoms in total. The lowest BCUT2D eigenvalue weighted by atomic mass is 9.98. The summed E-state index contributed by atoms with van der Waals surface area (Å²) in [6, 6.07) is 7.32. The minimum Gasteiger partial charge on any atom is -0.507 e.